The average Bonchev–Trinajstić information content (AvgIpc) is 2.69. The predicted octanol–water partition coefficient (Wildman–Crippen LogP) is 2.84. The van der Waals surface area contributed by atoms with Crippen molar-refractivity contribution in [3.63, 3.8) is 0 Å². The standard InChI is InChI=1S/C22H27N3O/c1-17-5-4-10-23-21(17)16-24-11-13-25(14-12-24)22(26)20-9-8-18-6-2-3-7-19(18)15-20/h2-7,10,20H,8-9,11-16H2,1H3/t20-/m0/s1. The molecule has 1 aromatic carbocycles. The Morgan fingerprint density at radius 3 is 2.62 bits per heavy atom. The third-order valence-electron chi connectivity index (χ3n) is 5.87. The fourth-order valence-corrected chi connectivity index (χ4v) is 4.19. The number of piperazine rings is 1. The van der Waals surface area contributed by atoms with Crippen LogP contribution in [0.3, 0.4) is 0 Å². The molecule has 4 rings (SSSR count). The summed E-state index contributed by atoms with van der Waals surface area (Å²) in [5.74, 6) is 0.516. The minimum absolute atomic E-state index is 0.162. The number of pyridine rings is 1. The maximum absolute atomic E-state index is 13.0. The van der Waals surface area contributed by atoms with Crippen molar-refractivity contribution in [1.29, 1.82) is 0 Å². The summed E-state index contributed by atoms with van der Waals surface area (Å²) in [5.41, 5.74) is 5.18. The second-order valence-electron chi connectivity index (χ2n) is 7.58. The Balaban J connectivity index is 1.32. The molecule has 4 nitrogen and oxygen atoms in total. The SMILES string of the molecule is Cc1cccnc1CN1CCN(C(=O)[C@H]2CCc3ccccc3C2)CC1. The molecule has 2 aliphatic rings. The molecule has 0 N–H and O–H groups in total. The lowest BCUT2D eigenvalue weighted by atomic mass is 9.83. The Kier molecular flexibility index (Phi) is 5.02. The molecule has 4 heteroatoms. The number of nitrogens with zero attached hydrogens (tertiary/aromatic N) is 3. The van der Waals surface area contributed by atoms with Gasteiger partial charge in [0.2, 0.25) is 5.91 Å². The van der Waals surface area contributed by atoms with Gasteiger partial charge in [0, 0.05) is 44.8 Å². The molecule has 1 aromatic heterocycles. The maximum atomic E-state index is 13.0. The van der Waals surface area contributed by atoms with Crippen LogP contribution < -0.4 is 0 Å². The van der Waals surface area contributed by atoms with Crippen LogP contribution in [0, 0.1) is 12.8 Å². The second-order valence-corrected chi connectivity index (χ2v) is 7.58. The molecule has 0 unspecified atom stereocenters. The first-order valence-electron chi connectivity index (χ1n) is 9.69. The van der Waals surface area contributed by atoms with Crippen LogP contribution in [0.25, 0.3) is 0 Å². The Labute approximate surface area is 155 Å². The van der Waals surface area contributed by atoms with E-state index in [-0.39, 0.29) is 5.92 Å². The third-order valence-corrected chi connectivity index (χ3v) is 5.87. The molecule has 1 aliphatic heterocycles. The highest BCUT2D eigenvalue weighted by Crippen LogP contribution is 2.27. The number of amides is 1. The number of carbonyl (C=O) groups excluding carboxylic acids is 1. The smallest absolute Gasteiger partial charge is 0.226 e. The predicted molar refractivity (Wildman–Crippen MR) is 103 cm³/mol. The van der Waals surface area contributed by atoms with Crippen molar-refractivity contribution in [2.45, 2.75) is 32.7 Å². The van der Waals surface area contributed by atoms with E-state index in [1.165, 1.54) is 16.7 Å². The Morgan fingerprint density at radius 1 is 1.08 bits per heavy atom. The number of carbonyl (C=O) groups is 1. The van der Waals surface area contributed by atoms with E-state index in [1.807, 2.05) is 12.3 Å². The van der Waals surface area contributed by atoms with E-state index in [0.29, 0.717) is 5.91 Å². The summed E-state index contributed by atoms with van der Waals surface area (Å²) >= 11 is 0. The first-order valence-corrected chi connectivity index (χ1v) is 9.69. The van der Waals surface area contributed by atoms with Gasteiger partial charge in [0.05, 0.1) is 5.69 Å². The maximum Gasteiger partial charge on any atom is 0.226 e. The molecule has 2 aromatic rings. The van der Waals surface area contributed by atoms with Crippen molar-refractivity contribution in [1.82, 2.24) is 14.8 Å². The summed E-state index contributed by atoms with van der Waals surface area (Å²) < 4.78 is 0. The molecule has 1 atom stereocenters. The number of hydrogen-bond donors (Lipinski definition) is 0. The van der Waals surface area contributed by atoms with E-state index < -0.39 is 0 Å². The first-order chi connectivity index (χ1) is 12.7. The molecule has 1 amide bonds. The van der Waals surface area contributed by atoms with Crippen LogP contribution in [0.2, 0.25) is 0 Å². The minimum Gasteiger partial charge on any atom is -0.340 e. The summed E-state index contributed by atoms with van der Waals surface area (Å²) in [7, 11) is 0. The van der Waals surface area contributed by atoms with Gasteiger partial charge in [0.15, 0.2) is 0 Å². The van der Waals surface area contributed by atoms with E-state index in [9.17, 15) is 4.79 Å². The Morgan fingerprint density at radius 2 is 1.85 bits per heavy atom. The van der Waals surface area contributed by atoms with Crippen LogP contribution in [0.1, 0.15) is 28.8 Å². The van der Waals surface area contributed by atoms with Crippen LogP contribution in [0.5, 0.6) is 0 Å². The molecule has 2 heterocycles. The number of hydrogen-bond acceptors (Lipinski definition) is 3. The molecule has 0 radical (unpaired) electrons. The van der Waals surface area contributed by atoms with Crippen LogP contribution in [-0.2, 0) is 24.2 Å². The largest absolute Gasteiger partial charge is 0.340 e. The van der Waals surface area contributed by atoms with Crippen molar-refractivity contribution in [2.24, 2.45) is 5.92 Å². The van der Waals surface area contributed by atoms with Crippen LogP contribution >= 0.6 is 0 Å². The number of benzene rings is 1. The second kappa shape index (κ2) is 7.58. The summed E-state index contributed by atoms with van der Waals surface area (Å²) in [6.45, 7) is 6.54. The molecule has 1 aliphatic carbocycles. The lowest BCUT2D eigenvalue weighted by Gasteiger charge is -2.37. The Hall–Kier alpha value is -2.20. The molecule has 136 valence electrons. The van der Waals surface area contributed by atoms with E-state index in [0.717, 1.165) is 57.7 Å². The summed E-state index contributed by atoms with van der Waals surface area (Å²) in [5, 5.41) is 0. The lowest BCUT2D eigenvalue weighted by Crippen LogP contribution is -2.50. The molecule has 0 saturated carbocycles. The van der Waals surface area contributed by atoms with Gasteiger partial charge in [-0.3, -0.25) is 14.7 Å². The van der Waals surface area contributed by atoms with E-state index >= 15 is 0 Å². The van der Waals surface area contributed by atoms with Crippen molar-refractivity contribution in [3.05, 3.63) is 65.0 Å². The zero-order valence-corrected chi connectivity index (χ0v) is 15.5. The summed E-state index contributed by atoms with van der Waals surface area (Å²) in [6, 6.07) is 12.7. The minimum atomic E-state index is 0.162. The zero-order chi connectivity index (χ0) is 17.9. The molecule has 0 spiro atoms. The van der Waals surface area contributed by atoms with Gasteiger partial charge in [-0.25, -0.2) is 0 Å². The van der Waals surface area contributed by atoms with Crippen molar-refractivity contribution >= 4 is 5.91 Å². The molecule has 1 fully saturated rings. The molecule has 0 bridgehead atoms. The van der Waals surface area contributed by atoms with E-state index in [4.69, 9.17) is 0 Å². The highest BCUT2D eigenvalue weighted by atomic mass is 16.2. The molecule has 26 heavy (non-hydrogen) atoms. The Bertz CT molecular complexity index is 780. The van der Waals surface area contributed by atoms with E-state index in [1.54, 1.807) is 0 Å². The van der Waals surface area contributed by atoms with Crippen molar-refractivity contribution < 1.29 is 4.79 Å². The van der Waals surface area contributed by atoms with Crippen LogP contribution in [-0.4, -0.2) is 46.9 Å². The van der Waals surface area contributed by atoms with Gasteiger partial charge in [-0.1, -0.05) is 30.3 Å². The lowest BCUT2D eigenvalue weighted by molar-refractivity contribution is -0.137. The van der Waals surface area contributed by atoms with Crippen LogP contribution in [0.4, 0.5) is 0 Å². The van der Waals surface area contributed by atoms with Gasteiger partial charge in [-0.05, 0) is 48.9 Å². The number of aryl methyl sites for hydroxylation is 2. The normalized spacial score (nSPS) is 20.7. The van der Waals surface area contributed by atoms with Gasteiger partial charge in [-0.2, -0.15) is 0 Å². The third kappa shape index (κ3) is 3.65. The highest BCUT2D eigenvalue weighted by Gasteiger charge is 2.30. The van der Waals surface area contributed by atoms with Gasteiger partial charge in [0.25, 0.3) is 0 Å². The first kappa shape index (κ1) is 17.2. The van der Waals surface area contributed by atoms with Gasteiger partial charge >= 0.3 is 0 Å². The fraction of sp³-hybridized carbons (Fsp3) is 0.455. The van der Waals surface area contributed by atoms with Gasteiger partial charge in [0.1, 0.15) is 0 Å². The summed E-state index contributed by atoms with van der Waals surface area (Å²) in [6.07, 6.45) is 4.79. The zero-order valence-electron chi connectivity index (χ0n) is 15.5. The number of aromatic nitrogens is 1. The topological polar surface area (TPSA) is 36.4 Å². The van der Waals surface area contributed by atoms with E-state index in [2.05, 4.69) is 52.0 Å². The number of fused-ring (bicyclic) bond motifs is 1. The van der Waals surface area contributed by atoms with Crippen LogP contribution in [0.15, 0.2) is 42.6 Å². The highest BCUT2D eigenvalue weighted by molar-refractivity contribution is 5.79. The molecule has 1 saturated heterocycles. The van der Waals surface area contributed by atoms with Crippen molar-refractivity contribution in [2.75, 3.05) is 26.2 Å². The quantitative estimate of drug-likeness (QED) is 0.855. The monoisotopic (exact) mass is 349 g/mol. The van der Waals surface area contributed by atoms with Crippen molar-refractivity contribution in [3.8, 4) is 0 Å². The fourth-order valence-electron chi connectivity index (χ4n) is 4.19. The van der Waals surface area contributed by atoms with Gasteiger partial charge < -0.3 is 4.90 Å². The van der Waals surface area contributed by atoms with Gasteiger partial charge in [-0.15, -0.1) is 0 Å². The molecular formula is C22H27N3O. The summed E-state index contributed by atoms with van der Waals surface area (Å²) in [4.78, 5) is 22.0. The number of rotatable bonds is 3. The molecular weight excluding hydrogens is 322 g/mol. The average molecular weight is 349 g/mol.